The van der Waals surface area contributed by atoms with E-state index >= 15 is 0 Å². The molecule has 1 saturated carbocycles. The first kappa shape index (κ1) is 9.71. The lowest BCUT2D eigenvalue weighted by Gasteiger charge is -1.97. The zero-order chi connectivity index (χ0) is 10.9. The maximum absolute atomic E-state index is 11.3. The summed E-state index contributed by atoms with van der Waals surface area (Å²) in [6, 6.07) is 3.82. The third-order valence-corrected chi connectivity index (χ3v) is 2.53. The van der Waals surface area contributed by atoms with Gasteiger partial charge in [0.05, 0.1) is 18.4 Å². The number of hydrogen-bond donors (Lipinski definition) is 1. The smallest absolute Gasteiger partial charge is 0.356 e. The molecule has 1 heterocycles. The van der Waals surface area contributed by atoms with Gasteiger partial charge in [0.15, 0.2) is 0 Å². The lowest BCUT2D eigenvalue weighted by molar-refractivity contribution is 0.0519. The third kappa shape index (κ3) is 1.59. The van der Waals surface area contributed by atoms with Gasteiger partial charge in [-0.05, 0) is 25.8 Å². The molecule has 1 N–H and O–H groups in total. The molecule has 2 rings (SSSR count). The SMILES string of the molecule is CCOC(=O)c1cc(C2(C#N)CC2)n[nH]1. The van der Waals surface area contributed by atoms with Crippen molar-refractivity contribution >= 4 is 5.97 Å². The third-order valence-electron chi connectivity index (χ3n) is 2.53. The lowest BCUT2D eigenvalue weighted by Crippen LogP contribution is -2.05. The van der Waals surface area contributed by atoms with Gasteiger partial charge >= 0.3 is 5.97 Å². The van der Waals surface area contributed by atoms with E-state index < -0.39 is 11.4 Å². The number of carbonyl (C=O) groups excluding carboxylic acids is 1. The van der Waals surface area contributed by atoms with E-state index in [0.717, 1.165) is 12.8 Å². The number of H-pyrrole nitrogens is 1. The van der Waals surface area contributed by atoms with Gasteiger partial charge in [-0.2, -0.15) is 10.4 Å². The fraction of sp³-hybridized carbons (Fsp3) is 0.500. The van der Waals surface area contributed by atoms with Crippen LogP contribution >= 0.6 is 0 Å². The monoisotopic (exact) mass is 205 g/mol. The Morgan fingerprint density at radius 3 is 3.07 bits per heavy atom. The summed E-state index contributed by atoms with van der Waals surface area (Å²) in [7, 11) is 0. The number of esters is 1. The number of hydrogen-bond acceptors (Lipinski definition) is 4. The number of nitrogens with one attached hydrogen (secondary N) is 1. The Kier molecular flexibility index (Phi) is 2.19. The predicted octanol–water partition coefficient (Wildman–Crippen LogP) is 1.14. The first-order chi connectivity index (χ1) is 7.22. The van der Waals surface area contributed by atoms with Crippen molar-refractivity contribution in [3.63, 3.8) is 0 Å². The summed E-state index contributed by atoms with van der Waals surface area (Å²) in [5, 5.41) is 15.5. The normalized spacial score (nSPS) is 16.8. The molecule has 0 atom stereocenters. The van der Waals surface area contributed by atoms with Crippen molar-refractivity contribution < 1.29 is 9.53 Å². The van der Waals surface area contributed by atoms with Crippen LogP contribution in [0.2, 0.25) is 0 Å². The Bertz CT molecular complexity index is 426. The fourth-order valence-electron chi connectivity index (χ4n) is 1.43. The molecular weight excluding hydrogens is 194 g/mol. The van der Waals surface area contributed by atoms with Crippen LogP contribution in [0.15, 0.2) is 6.07 Å². The molecule has 1 aliphatic rings. The van der Waals surface area contributed by atoms with E-state index in [1.807, 2.05) is 0 Å². The van der Waals surface area contributed by atoms with Crippen molar-refractivity contribution in [2.75, 3.05) is 6.61 Å². The van der Waals surface area contributed by atoms with Gasteiger partial charge in [0.25, 0.3) is 0 Å². The van der Waals surface area contributed by atoms with E-state index in [1.54, 1.807) is 13.0 Å². The van der Waals surface area contributed by atoms with Gasteiger partial charge in [0.1, 0.15) is 11.1 Å². The molecule has 0 radical (unpaired) electrons. The zero-order valence-electron chi connectivity index (χ0n) is 8.41. The highest BCUT2D eigenvalue weighted by atomic mass is 16.5. The molecule has 1 aromatic rings. The van der Waals surface area contributed by atoms with E-state index in [2.05, 4.69) is 16.3 Å². The van der Waals surface area contributed by atoms with E-state index in [9.17, 15) is 4.79 Å². The average molecular weight is 205 g/mol. The van der Waals surface area contributed by atoms with Crippen LogP contribution in [0.25, 0.3) is 0 Å². The number of rotatable bonds is 3. The number of nitriles is 1. The Hall–Kier alpha value is -1.83. The van der Waals surface area contributed by atoms with Crippen LogP contribution in [-0.2, 0) is 10.2 Å². The van der Waals surface area contributed by atoms with Crippen LogP contribution in [0.4, 0.5) is 0 Å². The van der Waals surface area contributed by atoms with Gasteiger partial charge < -0.3 is 4.74 Å². The molecule has 0 bridgehead atoms. The largest absolute Gasteiger partial charge is 0.461 e. The average Bonchev–Trinajstić information content (AvgIpc) is 2.88. The standard InChI is InChI=1S/C10H11N3O2/c1-2-15-9(14)7-5-8(13-12-7)10(6-11)3-4-10/h5H,2-4H2,1H3,(H,12,13). The predicted molar refractivity (Wildman–Crippen MR) is 51.1 cm³/mol. The second kappa shape index (κ2) is 3.39. The van der Waals surface area contributed by atoms with Crippen molar-refractivity contribution in [2.24, 2.45) is 0 Å². The molecule has 5 heteroatoms. The van der Waals surface area contributed by atoms with Gasteiger partial charge in [-0.3, -0.25) is 5.10 Å². The number of aromatic nitrogens is 2. The number of carbonyl (C=O) groups is 1. The minimum Gasteiger partial charge on any atom is -0.461 e. The van der Waals surface area contributed by atoms with Crippen molar-refractivity contribution in [2.45, 2.75) is 25.2 Å². The van der Waals surface area contributed by atoms with Crippen LogP contribution in [0.5, 0.6) is 0 Å². The van der Waals surface area contributed by atoms with Gasteiger partial charge in [-0.1, -0.05) is 0 Å². The summed E-state index contributed by atoms with van der Waals surface area (Å²) in [6.45, 7) is 2.07. The molecule has 15 heavy (non-hydrogen) atoms. The maximum Gasteiger partial charge on any atom is 0.356 e. The second-order valence-electron chi connectivity index (χ2n) is 3.58. The molecule has 1 fully saturated rings. The van der Waals surface area contributed by atoms with Crippen LogP contribution in [0.3, 0.4) is 0 Å². The minimum absolute atomic E-state index is 0.313. The Morgan fingerprint density at radius 1 is 1.80 bits per heavy atom. The van der Waals surface area contributed by atoms with Crippen molar-refractivity contribution in [3.05, 3.63) is 17.5 Å². The molecule has 0 spiro atoms. The van der Waals surface area contributed by atoms with Gasteiger partial charge in [-0.25, -0.2) is 4.79 Å². The molecule has 1 aliphatic carbocycles. The van der Waals surface area contributed by atoms with Gasteiger partial charge in [0.2, 0.25) is 0 Å². The summed E-state index contributed by atoms with van der Waals surface area (Å²) in [6.07, 6.45) is 1.63. The fourth-order valence-corrected chi connectivity index (χ4v) is 1.43. The summed E-state index contributed by atoms with van der Waals surface area (Å²) in [5.74, 6) is -0.426. The molecule has 0 saturated heterocycles. The molecule has 78 valence electrons. The first-order valence-corrected chi connectivity index (χ1v) is 4.86. The quantitative estimate of drug-likeness (QED) is 0.750. The minimum atomic E-state index is -0.457. The highest BCUT2D eigenvalue weighted by Gasteiger charge is 2.47. The summed E-state index contributed by atoms with van der Waals surface area (Å²) < 4.78 is 4.81. The summed E-state index contributed by atoms with van der Waals surface area (Å²) in [5.41, 5.74) is 0.503. The highest BCUT2D eigenvalue weighted by Crippen LogP contribution is 2.46. The van der Waals surface area contributed by atoms with E-state index in [1.165, 1.54) is 0 Å². The van der Waals surface area contributed by atoms with E-state index in [0.29, 0.717) is 18.0 Å². The molecule has 0 amide bonds. The maximum atomic E-state index is 11.3. The lowest BCUT2D eigenvalue weighted by atomic mass is 10.1. The van der Waals surface area contributed by atoms with Crippen molar-refractivity contribution in [3.8, 4) is 6.07 Å². The van der Waals surface area contributed by atoms with Crippen molar-refractivity contribution in [1.82, 2.24) is 10.2 Å². The zero-order valence-corrected chi connectivity index (χ0v) is 8.41. The Labute approximate surface area is 87.0 Å². The van der Waals surface area contributed by atoms with Crippen molar-refractivity contribution in [1.29, 1.82) is 5.26 Å². The molecule has 0 aliphatic heterocycles. The summed E-state index contributed by atoms with van der Waals surface area (Å²) >= 11 is 0. The van der Waals surface area contributed by atoms with Crippen LogP contribution in [-0.4, -0.2) is 22.8 Å². The number of nitrogens with zero attached hydrogens (tertiary/aromatic N) is 2. The second-order valence-corrected chi connectivity index (χ2v) is 3.58. The van der Waals surface area contributed by atoms with Gasteiger partial charge in [-0.15, -0.1) is 0 Å². The molecule has 5 nitrogen and oxygen atoms in total. The van der Waals surface area contributed by atoms with E-state index in [-0.39, 0.29) is 0 Å². The van der Waals surface area contributed by atoms with Crippen LogP contribution in [0.1, 0.15) is 35.9 Å². The highest BCUT2D eigenvalue weighted by molar-refractivity contribution is 5.87. The number of aromatic amines is 1. The Balaban J connectivity index is 2.18. The molecule has 0 aromatic carbocycles. The Morgan fingerprint density at radius 2 is 2.53 bits per heavy atom. The van der Waals surface area contributed by atoms with Crippen LogP contribution < -0.4 is 0 Å². The topological polar surface area (TPSA) is 78.8 Å². The molecular formula is C10H11N3O2. The number of ether oxygens (including phenoxy) is 1. The molecule has 1 aromatic heterocycles. The van der Waals surface area contributed by atoms with Gasteiger partial charge in [0, 0.05) is 0 Å². The first-order valence-electron chi connectivity index (χ1n) is 4.86. The van der Waals surface area contributed by atoms with E-state index in [4.69, 9.17) is 10.00 Å². The van der Waals surface area contributed by atoms with Crippen LogP contribution in [0, 0.1) is 11.3 Å². The molecule has 0 unspecified atom stereocenters. The summed E-state index contributed by atoms with van der Waals surface area (Å²) in [4.78, 5) is 11.3.